The van der Waals surface area contributed by atoms with Gasteiger partial charge in [0.05, 0.1) is 11.7 Å². The largest absolute Gasteiger partial charge is 0.361 e. The third-order valence-corrected chi connectivity index (χ3v) is 5.59. The van der Waals surface area contributed by atoms with Crippen molar-refractivity contribution in [2.75, 3.05) is 13.1 Å². The van der Waals surface area contributed by atoms with E-state index in [4.69, 9.17) is 4.52 Å². The van der Waals surface area contributed by atoms with Crippen LogP contribution >= 0.6 is 0 Å². The number of amides is 1. The molecule has 132 valence electrons. The van der Waals surface area contributed by atoms with Crippen molar-refractivity contribution in [3.05, 3.63) is 52.4 Å². The number of carbonyl (C=O) groups excluding carboxylic acids is 1. The minimum absolute atomic E-state index is 0.0956. The Bertz CT molecular complexity index is 757. The lowest BCUT2D eigenvalue weighted by molar-refractivity contribution is -0.136. The summed E-state index contributed by atoms with van der Waals surface area (Å²) in [7, 11) is 0. The molecule has 1 atom stereocenters. The summed E-state index contributed by atoms with van der Waals surface area (Å²) in [5.74, 6) is 1.13. The van der Waals surface area contributed by atoms with Gasteiger partial charge in [-0.2, -0.15) is 0 Å². The van der Waals surface area contributed by atoms with E-state index in [2.05, 4.69) is 34.3 Å². The Balaban J connectivity index is 1.64. The first-order valence-corrected chi connectivity index (χ1v) is 9.15. The Morgan fingerprint density at radius 1 is 1.20 bits per heavy atom. The first kappa shape index (κ1) is 16.3. The van der Waals surface area contributed by atoms with E-state index < -0.39 is 0 Å². The van der Waals surface area contributed by atoms with Gasteiger partial charge in [0.2, 0.25) is 5.91 Å². The van der Waals surface area contributed by atoms with E-state index in [0.717, 1.165) is 55.9 Å². The van der Waals surface area contributed by atoms with Gasteiger partial charge in [-0.1, -0.05) is 29.4 Å². The van der Waals surface area contributed by atoms with Crippen molar-refractivity contribution in [3.8, 4) is 0 Å². The zero-order chi connectivity index (χ0) is 17.4. The monoisotopic (exact) mass is 339 g/mol. The second-order valence-electron chi connectivity index (χ2n) is 7.23. The second kappa shape index (κ2) is 6.64. The van der Waals surface area contributed by atoms with Gasteiger partial charge in [0.15, 0.2) is 0 Å². The first-order valence-electron chi connectivity index (χ1n) is 9.15. The summed E-state index contributed by atoms with van der Waals surface area (Å²) in [5.41, 5.74) is 4.65. The Morgan fingerprint density at radius 2 is 1.92 bits per heavy atom. The van der Waals surface area contributed by atoms with Crippen molar-refractivity contribution in [1.82, 2.24) is 15.0 Å². The quantitative estimate of drug-likeness (QED) is 0.863. The summed E-state index contributed by atoms with van der Waals surface area (Å²) < 4.78 is 5.33. The van der Waals surface area contributed by atoms with E-state index in [0.29, 0.717) is 6.54 Å². The number of aryl methyl sites for hydroxylation is 2. The van der Waals surface area contributed by atoms with Crippen molar-refractivity contribution in [3.63, 3.8) is 0 Å². The fraction of sp³-hybridized carbons (Fsp3) is 0.500. The molecule has 1 fully saturated rings. The molecule has 1 amide bonds. The second-order valence-corrected chi connectivity index (χ2v) is 7.23. The zero-order valence-electron chi connectivity index (χ0n) is 15.0. The van der Waals surface area contributed by atoms with Crippen LogP contribution < -0.4 is 0 Å². The standard InChI is InChI=1S/C20H25N3O2/c1-14-18(15(2)25-21-14)13-23-12-17-8-4-3-7-16(17)11-19(23)20(24)22-9-5-6-10-22/h3-4,7-8,19H,5-6,9-13H2,1-2H3/t19-/m0/s1. The highest BCUT2D eigenvalue weighted by Gasteiger charge is 2.35. The molecule has 25 heavy (non-hydrogen) atoms. The number of fused-ring (bicyclic) bond motifs is 1. The predicted molar refractivity (Wildman–Crippen MR) is 95.0 cm³/mol. The number of hydrogen-bond acceptors (Lipinski definition) is 4. The van der Waals surface area contributed by atoms with Crippen molar-refractivity contribution in [2.45, 2.75) is 52.2 Å². The van der Waals surface area contributed by atoms with Crippen LogP contribution in [0, 0.1) is 13.8 Å². The van der Waals surface area contributed by atoms with Crippen LogP contribution in [0.1, 0.15) is 41.0 Å². The number of hydrogen-bond donors (Lipinski definition) is 0. The summed E-state index contributed by atoms with van der Waals surface area (Å²) in [5, 5.41) is 4.08. The maximum absolute atomic E-state index is 13.2. The molecule has 5 heteroatoms. The van der Waals surface area contributed by atoms with Crippen LogP contribution in [0.25, 0.3) is 0 Å². The number of benzene rings is 1. The van der Waals surface area contributed by atoms with Crippen LogP contribution in [0.15, 0.2) is 28.8 Å². The molecule has 0 saturated carbocycles. The highest BCUT2D eigenvalue weighted by Crippen LogP contribution is 2.28. The van der Waals surface area contributed by atoms with Gasteiger partial charge in [-0.3, -0.25) is 9.69 Å². The lowest BCUT2D eigenvalue weighted by Crippen LogP contribution is -2.50. The van der Waals surface area contributed by atoms with Gasteiger partial charge in [0.1, 0.15) is 5.76 Å². The normalized spacial score (nSPS) is 20.7. The fourth-order valence-electron chi connectivity index (χ4n) is 4.07. The topological polar surface area (TPSA) is 49.6 Å². The number of aromatic nitrogens is 1. The molecule has 1 saturated heterocycles. The maximum Gasteiger partial charge on any atom is 0.240 e. The lowest BCUT2D eigenvalue weighted by Gasteiger charge is -2.37. The minimum atomic E-state index is -0.0956. The fourth-order valence-corrected chi connectivity index (χ4v) is 4.07. The van der Waals surface area contributed by atoms with Gasteiger partial charge in [0, 0.05) is 31.7 Å². The summed E-state index contributed by atoms with van der Waals surface area (Å²) in [4.78, 5) is 17.5. The molecule has 0 bridgehead atoms. The van der Waals surface area contributed by atoms with Gasteiger partial charge in [-0.25, -0.2) is 0 Å². The average Bonchev–Trinajstić information content (AvgIpc) is 3.26. The van der Waals surface area contributed by atoms with E-state index in [1.165, 1.54) is 11.1 Å². The molecule has 5 nitrogen and oxygen atoms in total. The third-order valence-electron chi connectivity index (χ3n) is 5.59. The van der Waals surface area contributed by atoms with Crippen molar-refractivity contribution < 1.29 is 9.32 Å². The van der Waals surface area contributed by atoms with Gasteiger partial charge >= 0.3 is 0 Å². The van der Waals surface area contributed by atoms with E-state index >= 15 is 0 Å². The first-order chi connectivity index (χ1) is 12.1. The number of rotatable bonds is 3. The molecule has 4 rings (SSSR count). The van der Waals surface area contributed by atoms with Crippen molar-refractivity contribution >= 4 is 5.91 Å². The van der Waals surface area contributed by atoms with Crippen molar-refractivity contribution in [2.24, 2.45) is 0 Å². The molecular weight excluding hydrogens is 314 g/mol. The molecule has 0 radical (unpaired) electrons. The number of nitrogens with zero attached hydrogens (tertiary/aromatic N) is 3. The van der Waals surface area contributed by atoms with E-state index in [9.17, 15) is 4.79 Å². The number of likely N-dealkylation sites (tertiary alicyclic amines) is 1. The Labute approximate surface area is 148 Å². The molecule has 2 aliphatic heterocycles. The van der Waals surface area contributed by atoms with Gasteiger partial charge in [0.25, 0.3) is 0 Å². The molecule has 0 unspecified atom stereocenters. The van der Waals surface area contributed by atoms with Crippen LogP contribution in [0.2, 0.25) is 0 Å². The zero-order valence-corrected chi connectivity index (χ0v) is 15.0. The lowest BCUT2D eigenvalue weighted by atomic mass is 9.92. The molecule has 0 aliphatic carbocycles. The Hall–Kier alpha value is -2.14. The molecule has 1 aromatic heterocycles. The SMILES string of the molecule is Cc1noc(C)c1CN1Cc2ccccc2C[C@H]1C(=O)N1CCCC1. The molecule has 3 heterocycles. The van der Waals surface area contributed by atoms with Crippen LogP contribution in [-0.4, -0.2) is 40.0 Å². The predicted octanol–water partition coefficient (Wildman–Crippen LogP) is 2.84. The number of carbonyl (C=O) groups is 1. The summed E-state index contributed by atoms with van der Waals surface area (Å²) in [6.45, 7) is 7.22. The van der Waals surface area contributed by atoms with Crippen LogP contribution in [0.4, 0.5) is 0 Å². The molecular formula is C20H25N3O2. The van der Waals surface area contributed by atoms with Crippen LogP contribution in [-0.2, 0) is 24.3 Å². The smallest absolute Gasteiger partial charge is 0.240 e. The minimum Gasteiger partial charge on any atom is -0.361 e. The summed E-state index contributed by atoms with van der Waals surface area (Å²) in [6.07, 6.45) is 3.03. The molecule has 0 N–H and O–H groups in total. The van der Waals surface area contributed by atoms with Crippen molar-refractivity contribution in [1.29, 1.82) is 0 Å². The van der Waals surface area contributed by atoms with Gasteiger partial charge in [-0.15, -0.1) is 0 Å². The maximum atomic E-state index is 13.2. The van der Waals surface area contributed by atoms with Crippen LogP contribution in [0.5, 0.6) is 0 Å². The molecule has 1 aromatic carbocycles. The van der Waals surface area contributed by atoms with Crippen LogP contribution in [0.3, 0.4) is 0 Å². The third kappa shape index (κ3) is 3.09. The molecule has 2 aromatic rings. The van der Waals surface area contributed by atoms with Gasteiger partial charge < -0.3 is 9.42 Å². The highest BCUT2D eigenvalue weighted by atomic mass is 16.5. The average molecular weight is 339 g/mol. The van der Waals surface area contributed by atoms with E-state index in [1.54, 1.807) is 0 Å². The molecule has 2 aliphatic rings. The van der Waals surface area contributed by atoms with E-state index in [1.807, 2.05) is 18.7 Å². The highest BCUT2D eigenvalue weighted by molar-refractivity contribution is 5.83. The van der Waals surface area contributed by atoms with E-state index in [-0.39, 0.29) is 11.9 Å². The summed E-state index contributed by atoms with van der Waals surface area (Å²) >= 11 is 0. The summed E-state index contributed by atoms with van der Waals surface area (Å²) in [6, 6.07) is 8.39. The Morgan fingerprint density at radius 3 is 2.60 bits per heavy atom. The molecule has 0 spiro atoms. The Kier molecular flexibility index (Phi) is 4.34. The van der Waals surface area contributed by atoms with Gasteiger partial charge in [-0.05, 0) is 44.2 Å².